The highest BCUT2D eigenvalue weighted by Gasteiger charge is 2.34. The Labute approximate surface area is 264 Å². The predicted octanol–water partition coefficient (Wildman–Crippen LogP) is 4.03. The molecule has 0 spiro atoms. The normalized spacial score (nSPS) is 14.4. The highest BCUT2D eigenvalue weighted by Crippen LogP contribution is 2.36. The van der Waals surface area contributed by atoms with E-state index in [0.29, 0.717) is 50.2 Å². The quantitative estimate of drug-likeness (QED) is 0.171. The number of nitrogens with zero attached hydrogens (tertiary/aromatic N) is 2. The molecule has 3 aromatic carbocycles. The molecule has 0 aliphatic carbocycles. The molecule has 0 N–H and O–H groups in total. The predicted molar refractivity (Wildman–Crippen MR) is 170 cm³/mol. The largest absolute Gasteiger partial charge is 0.493 e. The summed E-state index contributed by atoms with van der Waals surface area (Å²) < 4.78 is 35.1. The summed E-state index contributed by atoms with van der Waals surface area (Å²) >= 11 is 1.23. The monoisotopic (exact) mass is 630 g/mol. The molecule has 1 aromatic heterocycles. The molecule has 1 aliphatic rings. The number of hydrogen-bond acceptors (Lipinski definition) is 10. The third-order valence-corrected chi connectivity index (χ3v) is 8.19. The van der Waals surface area contributed by atoms with Crippen LogP contribution in [-0.2, 0) is 20.9 Å². The number of hydrogen-bond donors (Lipinski definition) is 0. The van der Waals surface area contributed by atoms with Crippen LogP contribution in [0.25, 0.3) is 6.08 Å². The van der Waals surface area contributed by atoms with Gasteiger partial charge in [0.05, 0.1) is 49.8 Å². The molecule has 0 amide bonds. The molecule has 1 unspecified atom stereocenters. The van der Waals surface area contributed by atoms with Gasteiger partial charge in [-0.2, -0.15) is 0 Å². The van der Waals surface area contributed by atoms with E-state index in [1.807, 2.05) is 42.5 Å². The lowest BCUT2D eigenvalue weighted by atomic mass is 9.95. The van der Waals surface area contributed by atoms with Crippen LogP contribution < -0.4 is 33.8 Å². The molecule has 234 valence electrons. The van der Waals surface area contributed by atoms with Gasteiger partial charge in [-0.1, -0.05) is 53.8 Å². The number of thiazole rings is 1. The van der Waals surface area contributed by atoms with Crippen LogP contribution >= 0.6 is 11.3 Å². The molecule has 1 atom stereocenters. The van der Waals surface area contributed by atoms with E-state index < -0.39 is 12.0 Å². The summed E-state index contributed by atoms with van der Waals surface area (Å²) in [6.07, 6.45) is 1.76. The zero-order chi connectivity index (χ0) is 31.9. The minimum atomic E-state index is -0.832. The Morgan fingerprint density at radius 2 is 1.60 bits per heavy atom. The van der Waals surface area contributed by atoms with Gasteiger partial charge in [0.2, 0.25) is 0 Å². The van der Waals surface area contributed by atoms with Gasteiger partial charge in [-0.3, -0.25) is 9.36 Å². The SMILES string of the molecule is COCCOC(=O)C1=C(C)N=c2s/c(=C\c3ccc(OC)c(OC)c3)c(=O)n2C1c1ccc(OCc2ccccc2)c(OC)c1. The van der Waals surface area contributed by atoms with Crippen molar-refractivity contribution in [2.75, 3.05) is 41.7 Å². The fourth-order valence-electron chi connectivity index (χ4n) is 5.00. The molecule has 2 heterocycles. The smallest absolute Gasteiger partial charge is 0.338 e. The van der Waals surface area contributed by atoms with E-state index in [9.17, 15) is 9.59 Å². The Balaban J connectivity index is 1.60. The first-order chi connectivity index (χ1) is 21.9. The van der Waals surface area contributed by atoms with Crippen molar-refractivity contribution in [3.63, 3.8) is 0 Å². The number of methoxy groups -OCH3 is 4. The van der Waals surface area contributed by atoms with E-state index in [2.05, 4.69) is 4.99 Å². The van der Waals surface area contributed by atoms with E-state index in [-0.39, 0.29) is 24.3 Å². The van der Waals surface area contributed by atoms with Gasteiger partial charge in [-0.05, 0) is 54.0 Å². The highest BCUT2D eigenvalue weighted by atomic mass is 32.1. The molecule has 4 aromatic rings. The van der Waals surface area contributed by atoms with Crippen LogP contribution in [0, 0.1) is 0 Å². The number of benzene rings is 3. The summed E-state index contributed by atoms with van der Waals surface area (Å²) in [6.45, 7) is 2.37. The maximum Gasteiger partial charge on any atom is 0.338 e. The van der Waals surface area contributed by atoms with E-state index in [0.717, 1.165) is 11.1 Å². The van der Waals surface area contributed by atoms with Gasteiger partial charge in [0.15, 0.2) is 27.8 Å². The van der Waals surface area contributed by atoms with Crippen LogP contribution in [0.2, 0.25) is 0 Å². The number of carbonyl (C=O) groups excluding carboxylic acids is 1. The third-order valence-electron chi connectivity index (χ3n) is 7.21. The molecule has 5 rings (SSSR count). The van der Waals surface area contributed by atoms with E-state index in [4.69, 9.17) is 28.4 Å². The molecule has 1 aliphatic heterocycles. The number of allylic oxidation sites excluding steroid dienone is 1. The Morgan fingerprint density at radius 1 is 0.889 bits per heavy atom. The standard InChI is InChI=1S/C34H34N2O8S/c1-21-30(33(38)43-16-15-39-2)31(24-12-14-26(28(19-24)42-5)44-20-22-9-7-6-8-10-22)36-32(37)29(45-34(36)35-21)18-23-11-13-25(40-3)27(17-23)41-4/h6-14,17-19,31H,15-16,20H2,1-5H3/b29-18-. The fourth-order valence-corrected chi connectivity index (χ4v) is 6.04. The number of esters is 1. The van der Waals surface area contributed by atoms with Crippen LogP contribution in [0.15, 0.2) is 87.8 Å². The number of rotatable bonds is 12. The Morgan fingerprint density at radius 3 is 2.31 bits per heavy atom. The number of aromatic nitrogens is 1. The second-order valence-corrected chi connectivity index (χ2v) is 11.0. The minimum absolute atomic E-state index is 0.0537. The number of carbonyl (C=O) groups is 1. The third kappa shape index (κ3) is 6.79. The van der Waals surface area contributed by atoms with Crippen molar-refractivity contribution < 1.29 is 33.2 Å². The Bertz CT molecular complexity index is 1900. The zero-order valence-corrected chi connectivity index (χ0v) is 26.5. The molecule has 0 bridgehead atoms. The molecule has 45 heavy (non-hydrogen) atoms. The first-order valence-electron chi connectivity index (χ1n) is 14.1. The molecular formula is C34H34N2O8S. The highest BCUT2D eigenvalue weighted by molar-refractivity contribution is 7.07. The second-order valence-electron chi connectivity index (χ2n) is 10.0. The zero-order valence-electron chi connectivity index (χ0n) is 25.7. The van der Waals surface area contributed by atoms with Gasteiger partial charge in [-0.25, -0.2) is 9.79 Å². The van der Waals surface area contributed by atoms with Crippen molar-refractivity contribution >= 4 is 23.4 Å². The maximum atomic E-state index is 14.1. The van der Waals surface area contributed by atoms with E-state index >= 15 is 0 Å². The van der Waals surface area contributed by atoms with Gasteiger partial charge in [0, 0.05) is 7.11 Å². The lowest BCUT2D eigenvalue weighted by Crippen LogP contribution is -2.40. The van der Waals surface area contributed by atoms with Crippen molar-refractivity contribution in [2.45, 2.75) is 19.6 Å². The molecule has 10 nitrogen and oxygen atoms in total. The molecule has 0 saturated heterocycles. The summed E-state index contributed by atoms with van der Waals surface area (Å²) in [6, 6.07) is 19.7. The van der Waals surface area contributed by atoms with Gasteiger partial charge < -0.3 is 28.4 Å². The lowest BCUT2D eigenvalue weighted by Gasteiger charge is -2.25. The van der Waals surface area contributed by atoms with Crippen molar-refractivity contribution in [1.29, 1.82) is 0 Å². The first kappa shape index (κ1) is 31.6. The van der Waals surface area contributed by atoms with Crippen molar-refractivity contribution in [2.24, 2.45) is 4.99 Å². The van der Waals surface area contributed by atoms with E-state index in [1.54, 1.807) is 58.6 Å². The topological polar surface area (TPSA) is 107 Å². The number of ether oxygens (including phenoxy) is 6. The summed E-state index contributed by atoms with van der Waals surface area (Å²) in [7, 11) is 6.19. The molecular weight excluding hydrogens is 596 g/mol. The molecule has 0 fully saturated rings. The Hall–Kier alpha value is -4.87. The summed E-state index contributed by atoms with van der Waals surface area (Å²) in [5.74, 6) is 1.51. The van der Waals surface area contributed by atoms with Crippen molar-refractivity contribution in [3.05, 3.63) is 114 Å². The van der Waals surface area contributed by atoms with Crippen molar-refractivity contribution in [3.8, 4) is 23.0 Å². The van der Waals surface area contributed by atoms with Crippen LogP contribution in [0.3, 0.4) is 0 Å². The molecule has 0 radical (unpaired) electrons. The summed E-state index contributed by atoms with van der Waals surface area (Å²) in [4.78, 5) is 32.7. The molecule has 0 saturated carbocycles. The maximum absolute atomic E-state index is 14.1. The summed E-state index contributed by atoms with van der Waals surface area (Å²) in [5.41, 5.74) is 2.76. The average Bonchev–Trinajstić information content (AvgIpc) is 3.36. The second kappa shape index (κ2) is 14.3. The molecule has 11 heteroatoms. The average molecular weight is 631 g/mol. The first-order valence-corrected chi connectivity index (χ1v) is 15.0. The fraction of sp³-hybridized carbons (Fsp3) is 0.265. The van der Waals surface area contributed by atoms with Gasteiger partial charge in [0.1, 0.15) is 13.2 Å². The summed E-state index contributed by atoms with van der Waals surface area (Å²) in [5, 5.41) is 0. The van der Waals surface area contributed by atoms with Crippen LogP contribution in [-0.4, -0.2) is 52.2 Å². The lowest BCUT2D eigenvalue weighted by molar-refractivity contribution is -0.140. The van der Waals surface area contributed by atoms with Crippen molar-refractivity contribution in [1.82, 2.24) is 4.57 Å². The van der Waals surface area contributed by atoms with Crippen LogP contribution in [0.1, 0.15) is 29.7 Å². The van der Waals surface area contributed by atoms with Crippen LogP contribution in [0.5, 0.6) is 23.0 Å². The number of fused-ring (bicyclic) bond motifs is 1. The Kier molecular flexibility index (Phi) is 10.0. The van der Waals surface area contributed by atoms with E-state index in [1.165, 1.54) is 23.0 Å². The van der Waals surface area contributed by atoms with Gasteiger partial charge in [0.25, 0.3) is 5.56 Å². The van der Waals surface area contributed by atoms with Gasteiger partial charge >= 0.3 is 5.97 Å². The van der Waals surface area contributed by atoms with Gasteiger partial charge in [-0.15, -0.1) is 0 Å². The van der Waals surface area contributed by atoms with Crippen LogP contribution in [0.4, 0.5) is 0 Å². The minimum Gasteiger partial charge on any atom is -0.493 e.